The fourth-order valence-corrected chi connectivity index (χ4v) is 5.65. The van der Waals surface area contributed by atoms with Gasteiger partial charge in [-0.25, -0.2) is 4.79 Å². The lowest BCUT2D eigenvalue weighted by Gasteiger charge is -2.29. The highest BCUT2D eigenvalue weighted by molar-refractivity contribution is 7.80. The predicted molar refractivity (Wildman–Crippen MR) is 196 cm³/mol. The van der Waals surface area contributed by atoms with Crippen LogP contribution >= 0.6 is 37.9 Å². The van der Waals surface area contributed by atoms with Gasteiger partial charge in [-0.05, 0) is 31.1 Å². The van der Waals surface area contributed by atoms with Crippen molar-refractivity contribution in [1.82, 2.24) is 36.8 Å². The van der Waals surface area contributed by atoms with Gasteiger partial charge in [0, 0.05) is 23.8 Å². The van der Waals surface area contributed by atoms with E-state index in [0.29, 0.717) is 6.42 Å². The number of carboxylic acid groups (broad SMARTS) is 1. The third-order valence-electron chi connectivity index (χ3n) is 7.81. The van der Waals surface area contributed by atoms with Gasteiger partial charge in [0.05, 0.1) is 19.2 Å². The Hall–Kier alpha value is -3.27. The van der Waals surface area contributed by atoms with Crippen molar-refractivity contribution < 1.29 is 48.6 Å². The Labute approximate surface area is 313 Å². The summed E-state index contributed by atoms with van der Waals surface area (Å²) in [7, 11) is 0. The summed E-state index contributed by atoms with van der Waals surface area (Å²) in [6, 6.07) is -8.15. The molecule has 0 unspecified atom stereocenters. The van der Waals surface area contributed by atoms with Crippen molar-refractivity contribution in [2.24, 2.45) is 17.6 Å². The molecule has 1 saturated heterocycles. The molecule has 0 aliphatic carbocycles. The molecule has 1 fully saturated rings. The lowest BCUT2D eigenvalue weighted by molar-refractivity contribution is -0.149. The zero-order chi connectivity index (χ0) is 39.0. The predicted octanol–water partition coefficient (Wildman–Crippen LogP) is -3.59. The van der Waals surface area contributed by atoms with Crippen molar-refractivity contribution in [2.75, 3.05) is 37.0 Å². The lowest BCUT2D eigenvalue weighted by atomic mass is 10.0. The van der Waals surface area contributed by atoms with Crippen molar-refractivity contribution in [3.8, 4) is 0 Å². The summed E-state index contributed by atoms with van der Waals surface area (Å²) < 4.78 is 0. The molecule has 0 aromatic heterocycles. The molecule has 21 heteroatoms. The second-order valence-electron chi connectivity index (χ2n) is 12.7. The normalized spacial score (nSPS) is 17.7. The summed E-state index contributed by atoms with van der Waals surface area (Å²) in [5.74, 6) is -7.26. The van der Waals surface area contributed by atoms with Crippen molar-refractivity contribution in [1.29, 1.82) is 0 Å². The molecule has 0 aromatic rings. The summed E-state index contributed by atoms with van der Waals surface area (Å²) in [5, 5.41) is 33.8. The molecule has 7 amide bonds. The minimum Gasteiger partial charge on any atom is -0.480 e. The Morgan fingerprint density at radius 2 is 1.31 bits per heavy atom. The van der Waals surface area contributed by atoms with E-state index >= 15 is 0 Å². The molecular weight excluding hydrogens is 729 g/mol. The molecule has 7 atom stereocenters. The number of nitrogens with two attached hydrogens (primary N) is 1. The van der Waals surface area contributed by atoms with Crippen LogP contribution in [0.25, 0.3) is 0 Å². The molecule has 1 aliphatic rings. The first kappa shape index (κ1) is 45.8. The number of hydrogen-bond donors (Lipinski definition) is 12. The molecule has 0 saturated carbocycles. The Kier molecular flexibility index (Phi) is 20.3. The van der Waals surface area contributed by atoms with E-state index in [1.54, 1.807) is 27.7 Å². The topological polar surface area (TPSA) is 278 Å². The number of carbonyl (C=O) groups excluding carboxylic acids is 7. The maximum atomic E-state index is 13.3. The largest absolute Gasteiger partial charge is 0.480 e. The SMILES string of the molecule is CC(C)C[C@H](NC(=O)[C@H](CS)NC(=O)CNC(=O)[C@H](CO)NC(=O)[C@@H](NC(=O)[C@@H](N)CS)C(C)C)C(=O)N[C@@H](CS)C(=O)N1CCC[C@H]1C(=O)O. The van der Waals surface area contributed by atoms with Gasteiger partial charge < -0.3 is 52.7 Å². The zero-order valence-corrected chi connectivity index (χ0v) is 31.8. The van der Waals surface area contributed by atoms with E-state index < -0.39 is 109 Å². The second-order valence-corrected chi connectivity index (χ2v) is 13.8. The Morgan fingerprint density at radius 3 is 1.82 bits per heavy atom. The highest BCUT2D eigenvalue weighted by atomic mass is 32.1. The Bertz CT molecular complexity index is 1260. The summed E-state index contributed by atoms with van der Waals surface area (Å²) in [6.07, 6.45) is 0.924. The Balaban J connectivity index is 2.85. The van der Waals surface area contributed by atoms with E-state index in [-0.39, 0.29) is 42.6 Å². The van der Waals surface area contributed by atoms with E-state index in [1.807, 2.05) is 0 Å². The number of hydrogen-bond acceptors (Lipinski definition) is 13. The van der Waals surface area contributed by atoms with Crippen LogP contribution in [0.1, 0.15) is 47.0 Å². The molecule has 18 nitrogen and oxygen atoms in total. The van der Waals surface area contributed by atoms with Crippen LogP contribution in [-0.4, -0.2) is 142 Å². The van der Waals surface area contributed by atoms with E-state index in [1.165, 1.54) is 4.90 Å². The average Bonchev–Trinajstić information content (AvgIpc) is 3.58. The highest BCUT2D eigenvalue weighted by Gasteiger charge is 2.38. The van der Waals surface area contributed by atoms with Crippen LogP contribution in [-0.2, 0) is 38.4 Å². The van der Waals surface area contributed by atoms with Gasteiger partial charge in [0.1, 0.15) is 36.3 Å². The number of aliphatic hydroxyl groups is 1. The van der Waals surface area contributed by atoms with Gasteiger partial charge in [0.25, 0.3) is 0 Å². The van der Waals surface area contributed by atoms with Gasteiger partial charge in [0.15, 0.2) is 0 Å². The van der Waals surface area contributed by atoms with E-state index in [4.69, 9.17) is 5.73 Å². The highest BCUT2D eigenvalue weighted by Crippen LogP contribution is 2.19. The monoisotopic (exact) mass is 780 g/mol. The summed E-state index contributed by atoms with van der Waals surface area (Å²) in [5.41, 5.74) is 5.65. The number of nitrogens with one attached hydrogen (secondary N) is 6. The number of likely N-dealkylation sites (tertiary alicyclic amines) is 1. The number of carbonyl (C=O) groups is 8. The number of carboxylic acids is 1. The molecule has 0 aromatic carbocycles. The maximum absolute atomic E-state index is 13.3. The quantitative estimate of drug-likeness (QED) is 0.0506. The van der Waals surface area contributed by atoms with Gasteiger partial charge in [0.2, 0.25) is 41.4 Å². The first-order valence-electron chi connectivity index (χ1n) is 16.4. The van der Waals surface area contributed by atoms with E-state index in [2.05, 4.69) is 69.8 Å². The minimum absolute atomic E-state index is 0.0292. The van der Waals surface area contributed by atoms with Crippen LogP contribution in [0.2, 0.25) is 0 Å². The minimum atomic E-state index is -1.49. The van der Waals surface area contributed by atoms with Crippen LogP contribution in [0, 0.1) is 11.8 Å². The van der Waals surface area contributed by atoms with Crippen molar-refractivity contribution in [3.63, 3.8) is 0 Å². The summed E-state index contributed by atoms with van der Waals surface area (Å²) >= 11 is 12.2. The van der Waals surface area contributed by atoms with Crippen LogP contribution in [0.15, 0.2) is 0 Å². The number of nitrogens with zero attached hydrogens (tertiary/aromatic N) is 1. The number of thiol groups is 3. The fourth-order valence-electron chi connectivity index (χ4n) is 4.98. The first-order chi connectivity index (χ1) is 23.9. The number of amides is 7. The second kappa shape index (κ2) is 22.6. The molecule has 1 heterocycles. The average molecular weight is 781 g/mol. The van der Waals surface area contributed by atoms with Crippen LogP contribution in [0.3, 0.4) is 0 Å². The first-order valence-corrected chi connectivity index (χ1v) is 18.3. The molecule has 1 rings (SSSR count). The number of aliphatic carboxylic acids is 1. The third-order valence-corrected chi connectivity index (χ3v) is 8.94. The molecule has 51 heavy (non-hydrogen) atoms. The molecule has 1 aliphatic heterocycles. The van der Waals surface area contributed by atoms with Gasteiger partial charge in [-0.15, -0.1) is 0 Å². The third kappa shape index (κ3) is 14.7. The maximum Gasteiger partial charge on any atom is 0.326 e. The Morgan fingerprint density at radius 1 is 0.745 bits per heavy atom. The van der Waals surface area contributed by atoms with Crippen LogP contribution < -0.4 is 37.6 Å². The van der Waals surface area contributed by atoms with E-state index in [9.17, 15) is 48.6 Å². The van der Waals surface area contributed by atoms with E-state index in [0.717, 1.165) is 0 Å². The fraction of sp³-hybridized carbons (Fsp3) is 0.733. The summed E-state index contributed by atoms with van der Waals surface area (Å²) in [4.78, 5) is 103. The molecule has 290 valence electrons. The van der Waals surface area contributed by atoms with Gasteiger partial charge in [-0.2, -0.15) is 37.9 Å². The molecular formula is C30H52N8O10S3. The zero-order valence-electron chi connectivity index (χ0n) is 29.1. The lowest BCUT2D eigenvalue weighted by Crippen LogP contribution is -2.59. The summed E-state index contributed by atoms with van der Waals surface area (Å²) in [6.45, 7) is 5.60. The van der Waals surface area contributed by atoms with Crippen LogP contribution in [0.4, 0.5) is 0 Å². The molecule has 0 radical (unpaired) electrons. The number of rotatable bonds is 21. The van der Waals surface area contributed by atoms with Crippen LogP contribution in [0.5, 0.6) is 0 Å². The number of aliphatic hydroxyl groups excluding tert-OH is 1. The van der Waals surface area contributed by atoms with Gasteiger partial charge >= 0.3 is 5.97 Å². The van der Waals surface area contributed by atoms with Gasteiger partial charge in [-0.3, -0.25) is 33.6 Å². The standard InChI is InChI=1S/C30H52N8O10S3/c1-14(2)8-17(26(43)36-20(13-51)29(46)38-7-5-6-21(38)30(47)48)34-27(44)19(12-50)33-22(40)9-32-25(42)18(10-39)35-28(45)23(15(3)4)37-24(41)16(31)11-49/h14-21,23,39,49-51H,5-13,31H2,1-4H3,(H,32,42)(H,33,40)(H,34,44)(H,35,45)(H,36,43)(H,37,41)(H,47,48)/t16-,17-,18-,19-,20-,21-,23-/m0/s1. The molecule has 10 N–H and O–H groups in total. The van der Waals surface area contributed by atoms with Crippen molar-refractivity contribution in [3.05, 3.63) is 0 Å². The molecule has 0 spiro atoms. The van der Waals surface area contributed by atoms with Crippen molar-refractivity contribution >= 4 is 85.2 Å². The molecule has 0 bridgehead atoms. The smallest absolute Gasteiger partial charge is 0.326 e. The van der Waals surface area contributed by atoms with Crippen molar-refractivity contribution in [2.45, 2.75) is 89.3 Å². The van der Waals surface area contributed by atoms with Gasteiger partial charge in [-0.1, -0.05) is 27.7 Å².